The van der Waals surface area contributed by atoms with Gasteiger partial charge in [0.05, 0.1) is 0 Å². The average Bonchev–Trinajstić information content (AvgIpc) is 2.38. The number of aromatic nitrogens is 2. The van der Waals surface area contributed by atoms with E-state index < -0.39 is 0 Å². The highest BCUT2D eigenvalue weighted by molar-refractivity contribution is 7.99. The Morgan fingerprint density at radius 1 is 1.33 bits per heavy atom. The van der Waals surface area contributed by atoms with E-state index in [2.05, 4.69) is 21.5 Å². The van der Waals surface area contributed by atoms with Crippen LogP contribution in [-0.2, 0) is 0 Å². The summed E-state index contributed by atoms with van der Waals surface area (Å²) in [5, 5.41) is 5.50. The molecule has 0 saturated heterocycles. The Labute approximate surface area is 122 Å². The van der Waals surface area contributed by atoms with Gasteiger partial charge in [-0.1, -0.05) is 29.8 Å². The van der Waals surface area contributed by atoms with Gasteiger partial charge in [-0.15, -0.1) is 0 Å². The lowest BCUT2D eigenvalue weighted by atomic mass is 9.95. The molecule has 0 bridgehead atoms. The summed E-state index contributed by atoms with van der Waals surface area (Å²) in [4.78, 5) is 8.60. The van der Waals surface area contributed by atoms with E-state index in [-0.39, 0.29) is 0 Å². The quantitative estimate of drug-likeness (QED) is 0.518. The predicted molar refractivity (Wildman–Crippen MR) is 82.0 cm³/mol. The molecule has 1 aromatic heterocycles. The highest BCUT2D eigenvalue weighted by atomic mass is 35.5. The van der Waals surface area contributed by atoms with Crippen LogP contribution in [0.25, 0.3) is 0 Å². The second-order valence-electron chi connectivity index (χ2n) is 4.43. The molecular weight excluding hydrogens is 286 g/mol. The number of thioether (sulfide) groups is 2. The molecule has 1 aliphatic carbocycles. The van der Waals surface area contributed by atoms with E-state index >= 15 is 0 Å². The van der Waals surface area contributed by atoms with Crippen molar-refractivity contribution in [3.05, 3.63) is 11.2 Å². The molecule has 1 heterocycles. The van der Waals surface area contributed by atoms with Crippen LogP contribution in [0.5, 0.6) is 0 Å². The topological polar surface area (TPSA) is 37.8 Å². The van der Waals surface area contributed by atoms with Crippen molar-refractivity contribution in [1.29, 1.82) is 0 Å². The SMILES string of the molecule is CSc1nc(Cl)cc(NC2CCCC(SC)C2)n1. The van der Waals surface area contributed by atoms with E-state index in [4.69, 9.17) is 11.6 Å². The molecule has 1 aliphatic rings. The van der Waals surface area contributed by atoms with Gasteiger partial charge < -0.3 is 5.32 Å². The minimum absolute atomic E-state index is 0.508. The third-order valence-corrected chi connectivity index (χ3v) is 5.00. The number of nitrogens with zero attached hydrogens (tertiary/aromatic N) is 2. The molecule has 0 aromatic carbocycles. The second-order valence-corrected chi connectivity index (χ2v) is 6.73. The van der Waals surface area contributed by atoms with E-state index in [1.165, 1.54) is 37.4 Å². The summed E-state index contributed by atoms with van der Waals surface area (Å²) < 4.78 is 0. The standard InChI is InChI=1S/C12H18ClN3S2/c1-17-9-5-3-4-8(6-9)14-11-7-10(13)15-12(16-11)18-2/h7-9H,3-6H2,1-2H3,(H,14,15,16). The number of anilines is 1. The van der Waals surface area contributed by atoms with Gasteiger partial charge in [0.15, 0.2) is 5.16 Å². The van der Waals surface area contributed by atoms with Crippen LogP contribution in [0.3, 0.4) is 0 Å². The van der Waals surface area contributed by atoms with Crippen molar-refractivity contribution in [2.45, 2.75) is 42.1 Å². The summed E-state index contributed by atoms with van der Waals surface area (Å²) in [5.74, 6) is 0.853. The normalized spacial score (nSPS) is 23.9. The maximum absolute atomic E-state index is 5.99. The van der Waals surface area contributed by atoms with Crippen LogP contribution in [0.15, 0.2) is 11.2 Å². The molecule has 2 rings (SSSR count). The van der Waals surface area contributed by atoms with Crippen LogP contribution < -0.4 is 5.32 Å². The van der Waals surface area contributed by atoms with E-state index in [0.29, 0.717) is 11.2 Å². The molecule has 18 heavy (non-hydrogen) atoms. The molecular formula is C12H18ClN3S2. The molecule has 0 radical (unpaired) electrons. The van der Waals surface area contributed by atoms with Crippen LogP contribution in [-0.4, -0.2) is 33.8 Å². The Morgan fingerprint density at radius 3 is 2.89 bits per heavy atom. The molecule has 1 fully saturated rings. The summed E-state index contributed by atoms with van der Waals surface area (Å²) in [6.07, 6.45) is 9.20. The molecule has 3 nitrogen and oxygen atoms in total. The van der Waals surface area contributed by atoms with Gasteiger partial charge in [0.1, 0.15) is 11.0 Å². The number of rotatable bonds is 4. The Hall–Kier alpha value is -0.130. The van der Waals surface area contributed by atoms with Crippen LogP contribution >= 0.6 is 35.1 Å². The second kappa shape index (κ2) is 6.87. The monoisotopic (exact) mass is 303 g/mol. The fourth-order valence-electron chi connectivity index (χ4n) is 2.26. The van der Waals surface area contributed by atoms with Gasteiger partial charge in [-0.3, -0.25) is 0 Å². The Bertz CT molecular complexity index is 403. The molecule has 0 amide bonds. The van der Waals surface area contributed by atoms with Gasteiger partial charge >= 0.3 is 0 Å². The largest absolute Gasteiger partial charge is 0.367 e. The van der Waals surface area contributed by atoms with Crippen LogP contribution in [0.2, 0.25) is 5.15 Å². The van der Waals surface area contributed by atoms with Crippen molar-refractivity contribution in [1.82, 2.24) is 9.97 Å². The first-order valence-corrected chi connectivity index (χ1v) is 8.98. The van der Waals surface area contributed by atoms with Gasteiger partial charge in [-0.25, -0.2) is 9.97 Å². The lowest BCUT2D eigenvalue weighted by molar-refractivity contribution is 0.472. The molecule has 2 unspecified atom stereocenters. The fraction of sp³-hybridized carbons (Fsp3) is 0.667. The third-order valence-electron chi connectivity index (χ3n) is 3.17. The van der Waals surface area contributed by atoms with Crippen molar-refractivity contribution in [2.24, 2.45) is 0 Å². The number of halogens is 1. The lowest BCUT2D eigenvalue weighted by Gasteiger charge is -2.29. The minimum atomic E-state index is 0.508. The van der Waals surface area contributed by atoms with E-state index in [1.54, 1.807) is 0 Å². The molecule has 0 spiro atoms. The summed E-state index contributed by atoms with van der Waals surface area (Å²) >= 11 is 9.48. The van der Waals surface area contributed by atoms with Crippen molar-refractivity contribution in [3.8, 4) is 0 Å². The minimum Gasteiger partial charge on any atom is -0.367 e. The molecule has 0 aliphatic heterocycles. The molecule has 100 valence electrons. The first-order chi connectivity index (χ1) is 8.71. The van der Waals surface area contributed by atoms with Crippen molar-refractivity contribution < 1.29 is 0 Å². The van der Waals surface area contributed by atoms with Crippen LogP contribution in [0.1, 0.15) is 25.7 Å². The molecule has 1 saturated carbocycles. The predicted octanol–water partition coefficient (Wildman–Crippen LogP) is 3.94. The highest BCUT2D eigenvalue weighted by Crippen LogP contribution is 2.29. The van der Waals surface area contributed by atoms with Gasteiger partial charge in [0, 0.05) is 17.4 Å². The van der Waals surface area contributed by atoms with Crippen molar-refractivity contribution in [2.75, 3.05) is 17.8 Å². The van der Waals surface area contributed by atoms with Gasteiger partial charge in [0.2, 0.25) is 0 Å². The smallest absolute Gasteiger partial charge is 0.190 e. The van der Waals surface area contributed by atoms with Crippen LogP contribution in [0, 0.1) is 0 Å². The summed E-state index contributed by atoms with van der Waals surface area (Å²) in [5.41, 5.74) is 0. The zero-order valence-corrected chi connectivity index (χ0v) is 13.0. The van der Waals surface area contributed by atoms with Crippen molar-refractivity contribution in [3.63, 3.8) is 0 Å². The summed E-state index contributed by atoms with van der Waals surface area (Å²) in [7, 11) is 0. The van der Waals surface area contributed by atoms with Crippen molar-refractivity contribution >= 4 is 40.9 Å². The number of nitrogens with one attached hydrogen (secondary N) is 1. The highest BCUT2D eigenvalue weighted by Gasteiger charge is 2.21. The maximum Gasteiger partial charge on any atom is 0.190 e. The number of hydrogen-bond acceptors (Lipinski definition) is 5. The zero-order valence-electron chi connectivity index (χ0n) is 10.6. The first kappa shape index (κ1) is 14.3. The zero-order chi connectivity index (χ0) is 13.0. The fourth-order valence-corrected chi connectivity index (χ4v) is 3.70. The summed E-state index contributed by atoms with van der Waals surface area (Å²) in [6, 6.07) is 2.32. The Morgan fingerprint density at radius 2 is 2.17 bits per heavy atom. The lowest BCUT2D eigenvalue weighted by Crippen LogP contribution is -2.28. The Kier molecular flexibility index (Phi) is 5.45. The van der Waals surface area contributed by atoms with E-state index in [0.717, 1.165) is 16.2 Å². The van der Waals surface area contributed by atoms with Gasteiger partial charge in [-0.2, -0.15) is 11.8 Å². The molecule has 1 N–H and O–H groups in total. The molecule has 2 atom stereocenters. The van der Waals surface area contributed by atoms with Gasteiger partial charge in [0.25, 0.3) is 0 Å². The van der Waals surface area contributed by atoms with E-state index in [1.807, 2.05) is 24.1 Å². The third kappa shape index (κ3) is 3.93. The van der Waals surface area contributed by atoms with Crippen LogP contribution in [0.4, 0.5) is 5.82 Å². The number of hydrogen-bond donors (Lipinski definition) is 1. The summed E-state index contributed by atoms with van der Waals surface area (Å²) in [6.45, 7) is 0. The Balaban J connectivity index is 2.02. The molecule has 1 aromatic rings. The van der Waals surface area contributed by atoms with Gasteiger partial charge in [-0.05, 0) is 31.8 Å². The molecule has 6 heteroatoms. The van der Waals surface area contributed by atoms with E-state index in [9.17, 15) is 0 Å². The first-order valence-electron chi connectivity index (χ1n) is 6.09. The average molecular weight is 304 g/mol. The maximum atomic E-state index is 5.99.